The maximum Gasteiger partial charge on any atom is 0.238 e. The van der Waals surface area contributed by atoms with Gasteiger partial charge in [0.25, 0.3) is 0 Å². The van der Waals surface area contributed by atoms with E-state index >= 15 is 0 Å². The lowest BCUT2D eigenvalue weighted by molar-refractivity contribution is 0.670. The molecule has 0 aliphatic rings. The van der Waals surface area contributed by atoms with Gasteiger partial charge in [0, 0.05) is 21.5 Å². The maximum absolute atomic E-state index is 6.41. The Morgan fingerprint density at radius 2 is 1.48 bits per heavy atom. The molecular formula is C24H18N4O. The first-order chi connectivity index (χ1) is 14.1. The van der Waals surface area contributed by atoms with Gasteiger partial charge in [-0.1, -0.05) is 36.4 Å². The van der Waals surface area contributed by atoms with Crippen molar-refractivity contribution < 1.29 is 4.42 Å². The van der Waals surface area contributed by atoms with E-state index in [1.165, 1.54) is 5.56 Å². The molecule has 0 bridgehead atoms. The van der Waals surface area contributed by atoms with Crippen LogP contribution < -0.4 is 0 Å². The molecule has 140 valence electrons. The lowest BCUT2D eigenvalue weighted by atomic mass is 10.1. The summed E-state index contributed by atoms with van der Waals surface area (Å²) < 4.78 is 8.51. The molecule has 5 nitrogen and oxygen atoms in total. The molecule has 0 N–H and O–H groups in total. The molecule has 0 spiro atoms. The maximum atomic E-state index is 6.41. The average Bonchev–Trinajstić information content (AvgIpc) is 3.23. The minimum Gasteiger partial charge on any atom is -0.454 e. The Hall–Kier alpha value is -3.73. The van der Waals surface area contributed by atoms with E-state index in [0.717, 1.165) is 43.7 Å². The van der Waals surface area contributed by atoms with Crippen molar-refractivity contribution in [2.45, 2.75) is 20.8 Å². The van der Waals surface area contributed by atoms with Crippen LogP contribution in [0, 0.1) is 20.8 Å². The van der Waals surface area contributed by atoms with Gasteiger partial charge < -0.3 is 4.42 Å². The molecule has 0 saturated carbocycles. The molecule has 3 aromatic carbocycles. The van der Waals surface area contributed by atoms with Crippen LogP contribution in [0.3, 0.4) is 0 Å². The number of furan rings is 1. The normalized spacial score (nSPS) is 12.0. The van der Waals surface area contributed by atoms with Crippen LogP contribution in [0.2, 0.25) is 0 Å². The Kier molecular flexibility index (Phi) is 3.16. The quantitative estimate of drug-likeness (QED) is 0.363. The molecule has 3 aromatic heterocycles. The molecule has 6 rings (SSSR count). The monoisotopic (exact) mass is 378 g/mol. The number of aryl methyl sites for hydroxylation is 3. The van der Waals surface area contributed by atoms with Crippen LogP contribution in [0.4, 0.5) is 0 Å². The van der Waals surface area contributed by atoms with Crippen molar-refractivity contribution in [2.24, 2.45) is 0 Å². The van der Waals surface area contributed by atoms with Gasteiger partial charge in [0.1, 0.15) is 22.7 Å². The Morgan fingerprint density at radius 3 is 2.31 bits per heavy atom. The van der Waals surface area contributed by atoms with Crippen molar-refractivity contribution in [2.75, 3.05) is 0 Å². The van der Waals surface area contributed by atoms with Crippen LogP contribution in [-0.2, 0) is 0 Å². The van der Waals surface area contributed by atoms with E-state index in [9.17, 15) is 0 Å². The van der Waals surface area contributed by atoms with E-state index in [1.54, 1.807) is 0 Å². The van der Waals surface area contributed by atoms with Crippen molar-refractivity contribution in [3.8, 4) is 5.95 Å². The topological polar surface area (TPSA) is 56.7 Å². The first-order valence-corrected chi connectivity index (χ1v) is 9.65. The Bertz CT molecular complexity index is 1570. The number of hydrogen-bond donors (Lipinski definition) is 0. The minimum absolute atomic E-state index is 0.617. The molecule has 5 heteroatoms. The number of aromatic nitrogens is 4. The third kappa shape index (κ3) is 2.18. The molecule has 6 aromatic rings. The Morgan fingerprint density at radius 1 is 0.724 bits per heavy atom. The van der Waals surface area contributed by atoms with Gasteiger partial charge in [0.05, 0.1) is 5.52 Å². The van der Waals surface area contributed by atoms with Gasteiger partial charge in [-0.15, -0.1) is 0 Å². The summed E-state index contributed by atoms with van der Waals surface area (Å²) in [5, 5.41) is 4.54. The van der Waals surface area contributed by atoms with Gasteiger partial charge in [0.15, 0.2) is 5.58 Å². The van der Waals surface area contributed by atoms with E-state index in [4.69, 9.17) is 4.42 Å². The highest BCUT2D eigenvalue weighted by atomic mass is 16.3. The predicted octanol–water partition coefficient (Wildman–Crippen LogP) is 5.79. The zero-order chi connectivity index (χ0) is 19.7. The molecule has 0 aliphatic heterocycles. The molecule has 0 amide bonds. The largest absolute Gasteiger partial charge is 0.454 e. The van der Waals surface area contributed by atoms with E-state index in [1.807, 2.05) is 32.0 Å². The van der Waals surface area contributed by atoms with Crippen LogP contribution in [0.25, 0.3) is 49.7 Å². The van der Waals surface area contributed by atoms with Gasteiger partial charge >= 0.3 is 0 Å². The molecular weight excluding hydrogens is 360 g/mol. The number of para-hydroxylation sites is 1. The summed E-state index contributed by atoms with van der Waals surface area (Å²) in [4.78, 5) is 13.7. The zero-order valence-electron chi connectivity index (χ0n) is 16.4. The van der Waals surface area contributed by atoms with Crippen LogP contribution in [0.15, 0.2) is 59.0 Å². The number of nitrogens with zero attached hydrogens (tertiary/aromatic N) is 4. The summed E-state index contributed by atoms with van der Waals surface area (Å²) in [5.74, 6) is 2.02. The highest BCUT2D eigenvalue weighted by molar-refractivity contribution is 6.21. The molecule has 0 saturated heterocycles. The first-order valence-electron chi connectivity index (χ1n) is 9.65. The highest BCUT2D eigenvalue weighted by Crippen LogP contribution is 2.40. The minimum atomic E-state index is 0.617. The summed E-state index contributed by atoms with van der Waals surface area (Å²) in [5.41, 5.74) is 5.00. The van der Waals surface area contributed by atoms with E-state index in [-0.39, 0.29) is 0 Å². The standard InChI is InChI=1S/C24H18N4O/c1-13-7-6-10-20-21(13)18-12-11-17-16-8-4-5-9-19(16)28(22(17)23(18)29-20)24-26-14(2)25-15(3)27-24/h4-12H,1-3H3. The molecule has 0 fully saturated rings. The Balaban J connectivity index is 1.90. The summed E-state index contributed by atoms with van der Waals surface area (Å²) in [6, 6.07) is 18.9. The fourth-order valence-electron chi connectivity index (χ4n) is 4.41. The lowest BCUT2D eigenvalue weighted by Gasteiger charge is -2.07. The van der Waals surface area contributed by atoms with Gasteiger partial charge in [-0.05, 0) is 44.5 Å². The van der Waals surface area contributed by atoms with Crippen molar-refractivity contribution in [3.05, 3.63) is 71.8 Å². The number of benzene rings is 3. The van der Waals surface area contributed by atoms with E-state index < -0.39 is 0 Å². The van der Waals surface area contributed by atoms with Crippen LogP contribution in [-0.4, -0.2) is 19.5 Å². The molecule has 0 radical (unpaired) electrons. The van der Waals surface area contributed by atoms with E-state index in [0.29, 0.717) is 17.6 Å². The number of rotatable bonds is 1. The summed E-state index contributed by atoms with van der Waals surface area (Å²) in [6.45, 7) is 5.91. The van der Waals surface area contributed by atoms with Gasteiger partial charge in [0.2, 0.25) is 5.95 Å². The third-order valence-electron chi connectivity index (χ3n) is 5.55. The van der Waals surface area contributed by atoms with Gasteiger partial charge in [-0.25, -0.2) is 4.98 Å². The number of hydrogen-bond acceptors (Lipinski definition) is 4. The second kappa shape index (κ2) is 5.64. The number of fused-ring (bicyclic) bond motifs is 7. The van der Waals surface area contributed by atoms with Crippen molar-refractivity contribution in [3.63, 3.8) is 0 Å². The fraction of sp³-hybridized carbons (Fsp3) is 0.125. The molecule has 29 heavy (non-hydrogen) atoms. The smallest absolute Gasteiger partial charge is 0.238 e. The van der Waals surface area contributed by atoms with Gasteiger partial charge in [-0.3, -0.25) is 4.57 Å². The Labute approximate surface area is 166 Å². The summed E-state index contributed by atoms with van der Waals surface area (Å²) in [6.07, 6.45) is 0. The summed E-state index contributed by atoms with van der Waals surface area (Å²) >= 11 is 0. The molecule has 0 atom stereocenters. The fourth-order valence-corrected chi connectivity index (χ4v) is 4.41. The van der Waals surface area contributed by atoms with Crippen LogP contribution in [0.5, 0.6) is 0 Å². The zero-order valence-corrected chi connectivity index (χ0v) is 16.4. The van der Waals surface area contributed by atoms with Crippen molar-refractivity contribution >= 4 is 43.7 Å². The van der Waals surface area contributed by atoms with Gasteiger partial charge in [-0.2, -0.15) is 9.97 Å². The van der Waals surface area contributed by atoms with Crippen molar-refractivity contribution in [1.82, 2.24) is 19.5 Å². The lowest BCUT2D eigenvalue weighted by Crippen LogP contribution is -2.06. The summed E-state index contributed by atoms with van der Waals surface area (Å²) in [7, 11) is 0. The molecule has 3 heterocycles. The van der Waals surface area contributed by atoms with Crippen molar-refractivity contribution in [1.29, 1.82) is 0 Å². The van der Waals surface area contributed by atoms with Crippen LogP contribution in [0.1, 0.15) is 17.2 Å². The third-order valence-corrected chi connectivity index (χ3v) is 5.55. The highest BCUT2D eigenvalue weighted by Gasteiger charge is 2.20. The second-order valence-electron chi connectivity index (χ2n) is 7.47. The SMILES string of the molecule is Cc1nc(C)nc(-n2c3ccccc3c3ccc4c(oc5cccc(C)c54)c32)n1. The molecule has 0 aliphatic carbocycles. The predicted molar refractivity (Wildman–Crippen MR) is 116 cm³/mol. The average molecular weight is 378 g/mol. The van der Waals surface area contributed by atoms with Crippen LogP contribution >= 0.6 is 0 Å². The first kappa shape index (κ1) is 16.2. The molecule has 0 unspecified atom stereocenters. The second-order valence-corrected chi connectivity index (χ2v) is 7.47. The van der Waals surface area contributed by atoms with E-state index in [2.05, 4.69) is 62.8 Å².